The second kappa shape index (κ2) is 5.74. The molecule has 2 rings (SSSR count). The SMILES string of the molecule is OCc1c(Cl)cccc1OCc1ccc(Cl)s1. The van der Waals surface area contributed by atoms with Crippen LogP contribution in [-0.2, 0) is 13.2 Å². The van der Waals surface area contributed by atoms with Crippen LogP contribution in [0.5, 0.6) is 5.75 Å². The first-order chi connectivity index (χ1) is 8.20. The number of aliphatic hydroxyl groups is 1. The summed E-state index contributed by atoms with van der Waals surface area (Å²) in [6.45, 7) is 0.283. The van der Waals surface area contributed by atoms with Gasteiger partial charge in [-0.1, -0.05) is 29.3 Å². The third-order valence-electron chi connectivity index (χ3n) is 2.23. The highest BCUT2D eigenvalue weighted by atomic mass is 35.5. The Hall–Kier alpha value is -0.740. The predicted molar refractivity (Wildman–Crippen MR) is 71.0 cm³/mol. The number of benzene rings is 1. The van der Waals surface area contributed by atoms with E-state index in [0.29, 0.717) is 22.9 Å². The van der Waals surface area contributed by atoms with E-state index in [4.69, 9.17) is 27.9 Å². The molecule has 1 heterocycles. The summed E-state index contributed by atoms with van der Waals surface area (Å²) >= 11 is 13.3. The molecule has 90 valence electrons. The van der Waals surface area contributed by atoms with Gasteiger partial charge in [-0.25, -0.2) is 0 Å². The summed E-state index contributed by atoms with van der Waals surface area (Å²) in [7, 11) is 0. The van der Waals surface area contributed by atoms with Crippen molar-refractivity contribution in [1.82, 2.24) is 0 Å². The molecule has 0 fully saturated rings. The number of hydrogen-bond acceptors (Lipinski definition) is 3. The molecule has 0 atom stereocenters. The fourth-order valence-electron chi connectivity index (χ4n) is 1.41. The average Bonchev–Trinajstić information content (AvgIpc) is 2.72. The third-order valence-corrected chi connectivity index (χ3v) is 3.79. The number of hydrogen-bond donors (Lipinski definition) is 1. The molecule has 0 aliphatic rings. The highest BCUT2D eigenvalue weighted by Crippen LogP contribution is 2.28. The number of halogens is 2. The summed E-state index contributed by atoms with van der Waals surface area (Å²) < 4.78 is 6.35. The lowest BCUT2D eigenvalue weighted by Crippen LogP contribution is -1.97. The summed E-state index contributed by atoms with van der Waals surface area (Å²) in [6, 6.07) is 9.04. The van der Waals surface area contributed by atoms with E-state index >= 15 is 0 Å². The number of aliphatic hydroxyl groups excluding tert-OH is 1. The van der Waals surface area contributed by atoms with E-state index < -0.39 is 0 Å². The Labute approximate surface area is 113 Å². The molecule has 1 aromatic carbocycles. The first-order valence-corrected chi connectivity index (χ1v) is 6.53. The van der Waals surface area contributed by atoms with Gasteiger partial charge in [0, 0.05) is 15.5 Å². The third kappa shape index (κ3) is 3.13. The van der Waals surface area contributed by atoms with Crippen molar-refractivity contribution in [1.29, 1.82) is 0 Å². The topological polar surface area (TPSA) is 29.5 Å². The summed E-state index contributed by atoms with van der Waals surface area (Å²) in [5, 5.41) is 9.73. The summed E-state index contributed by atoms with van der Waals surface area (Å²) in [5.74, 6) is 0.601. The minimum absolute atomic E-state index is 0.139. The normalized spacial score (nSPS) is 10.5. The maximum Gasteiger partial charge on any atom is 0.126 e. The van der Waals surface area contributed by atoms with Gasteiger partial charge in [-0.15, -0.1) is 11.3 Å². The zero-order valence-electron chi connectivity index (χ0n) is 8.82. The molecule has 0 unspecified atom stereocenters. The molecule has 0 aliphatic carbocycles. The van der Waals surface area contributed by atoms with Gasteiger partial charge >= 0.3 is 0 Å². The van der Waals surface area contributed by atoms with Crippen LogP contribution in [0.25, 0.3) is 0 Å². The van der Waals surface area contributed by atoms with Crippen LogP contribution in [0.3, 0.4) is 0 Å². The Bertz CT molecular complexity index is 511. The highest BCUT2D eigenvalue weighted by Gasteiger charge is 2.07. The molecule has 2 aromatic rings. The van der Waals surface area contributed by atoms with Crippen LogP contribution in [0.1, 0.15) is 10.4 Å². The summed E-state index contributed by atoms with van der Waals surface area (Å²) in [4.78, 5) is 1.03. The minimum atomic E-state index is -0.139. The second-order valence-corrected chi connectivity index (χ2v) is 5.58. The van der Waals surface area contributed by atoms with Crippen LogP contribution in [0.4, 0.5) is 0 Å². The first kappa shape index (κ1) is 12.7. The fourth-order valence-corrected chi connectivity index (χ4v) is 2.63. The van der Waals surface area contributed by atoms with E-state index in [9.17, 15) is 5.11 Å². The molecule has 0 radical (unpaired) electrons. The predicted octanol–water partition coefficient (Wildman–Crippen LogP) is 4.13. The van der Waals surface area contributed by atoms with Crippen LogP contribution in [0.15, 0.2) is 30.3 Å². The van der Waals surface area contributed by atoms with Gasteiger partial charge in [0.15, 0.2) is 0 Å². The van der Waals surface area contributed by atoms with Crippen molar-refractivity contribution >= 4 is 34.5 Å². The van der Waals surface area contributed by atoms with Crippen LogP contribution < -0.4 is 4.74 Å². The van der Waals surface area contributed by atoms with Gasteiger partial charge in [0.05, 0.1) is 10.9 Å². The van der Waals surface area contributed by atoms with Crippen molar-refractivity contribution in [2.75, 3.05) is 0 Å². The van der Waals surface area contributed by atoms with E-state index in [-0.39, 0.29) is 6.61 Å². The lowest BCUT2D eigenvalue weighted by atomic mass is 10.2. The molecule has 2 nitrogen and oxygen atoms in total. The number of ether oxygens (including phenoxy) is 1. The van der Waals surface area contributed by atoms with Gasteiger partial charge in [0.1, 0.15) is 12.4 Å². The lowest BCUT2D eigenvalue weighted by molar-refractivity contribution is 0.260. The van der Waals surface area contributed by atoms with Crippen molar-refractivity contribution in [2.24, 2.45) is 0 Å². The molecule has 0 saturated carbocycles. The monoisotopic (exact) mass is 288 g/mol. The average molecular weight is 289 g/mol. The molecule has 0 bridgehead atoms. The van der Waals surface area contributed by atoms with Crippen LogP contribution in [0, 0.1) is 0 Å². The van der Waals surface area contributed by atoms with Gasteiger partial charge in [0.25, 0.3) is 0 Å². The minimum Gasteiger partial charge on any atom is -0.488 e. The van der Waals surface area contributed by atoms with Crippen LogP contribution in [-0.4, -0.2) is 5.11 Å². The number of thiophene rings is 1. The molecule has 1 N–H and O–H groups in total. The molecule has 0 aliphatic heterocycles. The van der Waals surface area contributed by atoms with Crippen molar-refractivity contribution in [2.45, 2.75) is 13.2 Å². The van der Waals surface area contributed by atoms with Crippen LogP contribution >= 0.6 is 34.5 Å². The fraction of sp³-hybridized carbons (Fsp3) is 0.167. The number of rotatable bonds is 4. The summed E-state index contributed by atoms with van der Waals surface area (Å²) in [6.07, 6.45) is 0. The van der Waals surface area contributed by atoms with Crippen molar-refractivity contribution in [3.05, 3.63) is 50.1 Å². The molecule has 1 aromatic heterocycles. The zero-order valence-corrected chi connectivity index (χ0v) is 11.1. The van der Waals surface area contributed by atoms with Crippen molar-refractivity contribution in [3.63, 3.8) is 0 Å². The Morgan fingerprint density at radius 2 is 2.00 bits per heavy atom. The quantitative estimate of drug-likeness (QED) is 0.917. The molecule has 0 saturated heterocycles. The van der Waals surface area contributed by atoms with Crippen molar-refractivity contribution < 1.29 is 9.84 Å². The van der Waals surface area contributed by atoms with Gasteiger partial charge in [0.2, 0.25) is 0 Å². The molecule has 0 amide bonds. The molecular formula is C12H10Cl2O2S. The van der Waals surface area contributed by atoms with E-state index in [2.05, 4.69) is 0 Å². The maximum atomic E-state index is 9.22. The molecule has 0 spiro atoms. The van der Waals surface area contributed by atoms with Gasteiger partial charge in [-0.2, -0.15) is 0 Å². The van der Waals surface area contributed by atoms with E-state index in [1.54, 1.807) is 18.2 Å². The largest absolute Gasteiger partial charge is 0.488 e. The zero-order chi connectivity index (χ0) is 12.3. The highest BCUT2D eigenvalue weighted by molar-refractivity contribution is 7.16. The van der Waals surface area contributed by atoms with E-state index in [1.165, 1.54) is 11.3 Å². The Morgan fingerprint density at radius 3 is 2.65 bits per heavy atom. The standard InChI is InChI=1S/C12H10Cl2O2S/c13-10-2-1-3-11(9(10)6-15)16-7-8-4-5-12(14)17-8/h1-5,15H,6-7H2. The molecule has 17 heavy (non-hydrogen) atoms. The van der Waals surface area contributed by atoms with E-state index in [0.717, 1.165) is 9.21 Å². The van der Waals surface area contributed by atoms with Crippen molar-refractivity contribution in [3.8, 4) is 5.75 Å². The van der Waals surface area contributed by atoms with Crippen LogP contribution in [0.2, 0.25) is 9.36 Å². The van der Waals surface area contributed by atoms with Gasteiger partial charge < -0.3 is 9.84 Å². The maximum absolute atomic E-state index is 9.22. The smallest absolute Gasteiger partial charge is 0.126 e. The van der Waals surface area contributed by atoms with E-state index in [1.807, 2.05) is 12.1 Å². The van der Waals surface area contributed by atoms with Gasteiger partial charge in [-0.3, -0.25) is 0 Å². The van der Waals surface area contributed by atoms with Gasteiger partial charge in [-0.05, 0) is 24.3 Å². The second-order valence-electron chi connectivity index (χ2n) is 3.37. The lowest BCUT2D eigenvalue weighted by Gasteiger charge is -2.10. The molecular weight excluding hydrogens is 279 g/mol. The summed E-state index contributed by atoms with van der Waals surface area (Å²) in [5.41, 5.74) is 0.608. The Morgan fingerprint density at radius 1 is 1.18 bits per heavy atom. The first-order valence-electron chi connectivity index (χ1n) is 4.96. The Balaban J connectivity index is 2.11. The molecule has 5 heteroatoms. The Kier molecular flexibility index (Phi) is 4.29.